The van der Waals surface area contributed by atoms with Crippen LogP contribution in [0.15, 0.2) is 35.3 Å². The second kappa shape index (κ2) is 7.24. The first-order valence-electron chi connectivity index (χ1n) is 10.3. The SMILES string of the molecule is CNS(=O)(=O)Nc1cccc(C2=NC(C)(C)Cc3cc(OC)c4c(c32)CC(C)(C)O4)c1. The molecule has 0 saturated carbocycles. The molecule has 2 aromatic rings. The summed E-state index contributed by atoms with van der Waals surface area (Å²) in [7, 11) is -0.580. The van der Waals surface area contributed by atoms with E-state index in [1.165, 1.54) is 7.05 Å². The summed E-state index contributed by atoms with van der Waals surface area (Å²) in [5.74, 6) is 1.51. The Balaban J connectivity index is 1.90. The van der Waals surface area contributed by atoms with Crippen molar-refractivity contribution >= 4 is 21.6 Å². The van der Waals surface area contributed by atoms with Gasteiger partial charge in [0.15, 0.2) is 11.5 Å². The fraction of sp³-hybridized carbons (Fsp3) is 0.435. The first-order chi connectivity index (χ1) is 14.4. The number of aliphatic imine (C=N–C) groups is 1. The minimum atomic E-state index is -3.61. The molecule has 4 rings (SSSR count). The van der Waals surface area contributed by atoms with Crippen molar-refractivity contribution in [3.8, 4) is 11.5 Å². The third-order valence-electron chi connectivity index (χ3n) is 5.56. The van der Waals surface area contributed by atoms with E-state index >= 15 is 0 Å². The highest BCUT2D eigenvalue weighted by molar-refractivity contribution is 7.90. The number of methoxy groups -OCH3 is 1. The zero-order valence-electron chi connectivity index (χ0n) is 18.8. The Bertz CT molecular complexity index is 1180. The van der Waals surface area contributed by atoms with E-state index in [1.54, 1.807) is 13.2 Å². The zero-order chi connectivity index (χ0) is 22.6. The molecule has 31 heavy (non-hydrogen) atoms. The van der Waals surface area contributed by atoms with E-state index < -0.39 is 10.2 Å². The van der Waals surface area contributed by atoms with Crippen molar-refractivity contribution in [2.75, 3.05) is 18.9 Å². The van der Waals surface area contributed by atoms with E-state index in [0.29, 0.717) is 5.69 Å². The third-order valence-corrected chi connectivity index (χ3v) is 6.60. The van der Waals surface area contributed by atoms with Gasteiger partial charge in [-0.25, -0.2) is 4.72 Å². The van der Waals surface area contributed by atoms with Crippen molar-refractivity contribution in [1.29, 1.82) is 0 Å². The van der Waals surface area contributed by atoms with Gasteiger partial charge in [0.2, 0.25) is 0 Å². The molecule has 0 radical (unpaired) electrons. The van der Waals surface area contributed by atoms with E-state index in [0.717, 1.165) is 52.3 Å². The molecule has 2 aliphatic heterocycles. The number of nitrogens with zero attached hydrogens (tertiary/aromatic N) is 1. The van der Waals surface area contributed by atoms with Crippen LogP contribution in [-0.4, -0.2) is 39.4 Å². The van der Waals surface area contributed by atoms with Crippen molar-refractivity contribution < 1.29 is 17.9 Å². The van der Waals surface area contributed by atoms with Gasteiger partial charge in [-0.3, -0.25) is 9.71 Å². The summed E-state index contributed by atoms with van der Waals surface area (Å²) in [5, 5.41) is 0. The van der Waals surface area contributed by atoms with E-state index in [9.17, 15) is 8.42 Å². The summed E-state index contributed by atoms with van der Waals surface area (Å²) in [6, 6.07) is 9.38. The van der Waals surface area contributed by atoms with E-state index in [1.807, 2.05) is 18.2 Å². The number of anilines is 1. The molecule has 8 heteroatoms. The third kappa shape index (κ3) is 4.14. The molecule has 2 heterocycles. The predicted molar refractivity (Wildman–Crippen MR) is 123 cm³/mol. The van der Waals surface area contributed by atoms with Crippen LogP contribution in [0.25, 0.3) is 0 Å². The molecule has 0 aromatic heterocycles. The molecular formula is C23H29N3O4S. The first kappa shape index (κ1) is 21.6. The first-order valence-corrected chi connectivity index (χ1v) is 11.8. The summed E-state index contributed by atoms with van der Waals surface area (Å²) >= 11 is 0. The van der Waals surface area contributed by atoms with Crippen molar-refractivity contribution in [3.05, 3.63) is 52.6 Å². The van der Waals surface area contributed by atoms with Crippen LogP contribution in [0.3, 0.4) is 0 Å². The molecule has 2 aliphatic rings. The highest BCUT2D eigenvalue weighted by Crippen LogP contribution is 2.47. The maximum Gasteiger partial charge on any atom is 0.298 e. The normalized spacial score (nSPS) is 18.5. The molecule has 0 atom stereocenters. The number of fused-ring (bicyclic) bond motifs is 3. The Hall–Kier alpha value is -2.58. The number of nitrogens with one attached hydrogen (secondary N) is 2. The van der Waals surface area contributed by atoms with Crippen molar-refractivity contribution in [1.82, 2.24) is 4.72 Å². The average molecular weight is 444 g/mol. The smallest absolute Gasteiger partial charge is 0.298 e. The maximum atomic E-state index is 12.0. The number of hydrogen-bond acceptors (Lipinski definition) is 5. The lowest BCUT2D eigenvalue weighted by Gasteiger charge is -2.31. The van der Waals surface area contributed by atoms with Crippen molar-refractivity contribution in [2.45, 2.75) is 51.7 Å². The van der Waals surface area contributed by atoms with E-state index in [-0.39, 0.29) is 11.1 Å². The molecule has 0 amide bonds. The Kier molecular flexibility index (Phi) is 5.05. The second-order valence-corrected chi connectivity index (χ2v) is 10.9. The average Bonchev–Trinajstić information content (AvgIpc) is 3.00. The van der Waals surface area contributed by atoms with E-state index in [2.05, 4.69) is 43.2 Å². The van der Waals surface area contributed by atoms with Gasteiger partial charge >= 0.3 is 0 Å². The van der Waals surface area contributed by atoms with Gasteiger partial charge < -0.3 is 9.47 Å². The maximum absolute atomic E-state index is 12.0. The fourth-order valence-electron chi connectivity index (χ4n) is 4.37. The standard InChI is InChI=1S/C23H29N3O4S/c1-22(2)12-15-11-18(29-6)21-17(13-23(3,4)30-21)19(15)20(25-22)14-8-7-9-16(10-14)26-31(27,28)24-5/h7-11,24,26H,12-13H2,1-6H3. The summed E-state index contributed by atoms with van der Waals surface area (Å²) in [6.45, 7) is 8.33. The number of benzene rings is 2. The van der Waals surface area contributed by atoms with Crippen LogP contribution in [0, 0.1) is 0 Å². The lowest BCUT2D eigenvalue weighted by Crippen LogP contribution is -2.31. The minimum Gasteiger partial charge on any atom is -0.493 e. The Morgan fingerprint density at radius 1 is 1.13 bits per heavy atom. The second-order valence-electron chi connectivity index (χ2n) is 9.30. The van der Waals surface area contributed by atoms with E-state index in [4.69, 9.17) is 14.5 Å². The monoisotopic (exact) mass is 443 g/mol. The fourth-order valence-corrected chi connectivity index (χ4v) is 4.91. The molecule has 0 unspecified atom stereocenters. The molecule has 0 fully saturated rings. The quantitative estimate of drug-likeness (QED) is 0.741. The molecule has 2 N–H and O–H groups in total. The molecule has 166 valence electrons. The molecular weight excluding hydrogens is 414 g/mol. The number of rotatable bonds is 5. The van der Waals surface area contributed by atoms with Gasteiger partial charge in [0.05, 0.1) is 24.0 Å². The lowest BCUT2D eigenvalue weighted by molar-refractivity contribution is 0.134. The van der Waals surface area contributed by atoms with Gasteiger partial charge in [0.25, 0.3) is 10.2 Å². The molecule has 0 bridgehead atoms. The number of ether oxygens (including phenoxy) is 2. The zero-order valence-corrected chi connectivity index (χ0v) is 19.6. The Labute approximate surface area is 184 Å². The predicted octanol–water partition coefficient (Wildman–Crippen LogP) is 3.46. The van der Waals surface area contributed by atoms with Gasteiger partial charge in [0, 0.05) is 30.2 Å². The van der Waals surface area contributed by atoms with Gasteiger partial charge in [-0.05, 0) is 57.9 Å². The minimum absolute atomic E-state index is 0.308. The summed E-state index contributed by atoms with van der Waals surface area (Å²) < 4.78 is 40.7. The lowest BCUT2D eigenvalue weighted by atomic mass is 9.81. The molecule has 0 aliphatic carbocycles. The molecule has 0 saturated heterocycles. The van der Waals surface area contributed by atoms with Crippen LogP contribution in [0.4, 0.5) is 5.69 Å². The van der Waals surface area contributed by atoms with Crippen LogP contribution in [0.5, 0.6) is 11.5 Å². The van der Waals surface area contributed by atoms with Gasteiger partial charge in [-0.15, -0.1) is 0 Å². The van der Waals surface area contributed by atoms with Gasteiger partial charge in [-0.2, -0.15) is 8.42 Å². The topological polar surface area (TPSA) is 89.0 Å². The summed E-state index contributed by atoms with van der Waals surface area (Å²) in [5.41, 5.74) is 4.84. The summed E-state index contributed by atoms with van der Waals surface area (Å²) in [4.78, 5) is 5.09. The highest BCUT2D eigenvalue weighted by Gasteiger charge is 2.39. The van der Waals surface area contributed by atoms with Crippen LogP contribution in [-0.2, 0) is 23.1 Å². The van der Waals surface area contributed by atoms with Crippen LogP contribution < -0.4 is 18.9 Å². The van der Waals surface area contributed by atoms with Crippen LogP contribution in [0.2, 0.25) is 0 Å². The van der Waals surface area contributed by atoms with Gasteiger partial charge in [0.1, 0.15) is 5.60 Å². The summed E-state index contributed by atoms with van der Waals surface area (Å²) in [6.07, 6.45) is 1.52. The van der Waals surface area contributed by atoms with Crippen LogP contribution in [0.1, 0.15) is 49.9 Å². The molecule has 7 nitrogen and oxygen atoms in total. The molecule has 0 spiro atoms. The Morgan fingerprint density at radius 2 is 1.87 bits per heavy atom. The van der Waals surface area contributed by atoms with Crippen molar-refractivity contribution in [2.24, 2.45) is 4.99 Å². The van der Waals surface area contributed by atoms with Crippen LogP contribution >= 0.6 is 0 Å². The Morgan fingerprint density at radius 3 is 2.55 bits per heavy atom. The largest absolute Gasteiger partial charge is 0.493 e. The van der Waals surface area contributed by atoms with Gasteiger partial charge in [-0.1, -0.05) is 12.1 Å². The highest BCUT2D eigenvalue weighted by atomic mass is 32.2. The van der Waals surface area contributed by atoms with Crippen molar-refractivity contribution in [3.63, 3.8) is 0 Å². The molecule has 2 aromatic carbocycles. The number of hydrogen-bond donors (Lipinski definition) is 2.